The summed E-state index contributed by atoms with van der Waals surface area (Å²) in [6, 6.07) is 0. The first kappa shape index (κ1) is 18.1. The van der Waals surface area contributed by atoms with Crippen LogP contribution in [0.4, 0.5) is 0 Å². The van der Waals surface area contributed by atoms with Gasteiger partial charge >= 0.3 is 0 Å². The number of rotatable bonds is 1. The quantitative estimate of drug-likeness (QED) is 0.756. The smallest absolute Gasteiger partial charge is 0.161 e. The Labute approximate surface area is 155 Å². The van der Waals surface area contributed by atoms with Crippen molar-refractivity contribution in [2.45, 2.75) is 71.5 Å². The van der Waals surface area contributed by atoms with Gasteiger partial charge in [-0.25, -0.2) is 0 Å². The summed E-state index contributed by atoms with van der Waals surface area (Å²) >= 11 is 0. The van der Waals surface area contributed by atoms with Crippen LogP contribution in [0.3, 0.4) is 0 Å². The van der Waals surface area contributed by atoms with E-state index in [9.17, 15) is 19.8 Å². The van der Waals surface area contributed by atoms with Crippen molar-refractivity contribution in [3.8, 4) is 0 Å². The summed E-state index contributed by atoms with van der Waals surface area (Å²) in [5.41, 5.74) is 0.0483. The molecule has 0 radical (unpaired) electrons. The van der Waals surface area contributed by atoms with Gasteiger partial charge in [-0.05, 0) is 68.4 Å². The molecule has 4 rings (SSSR count). The second-order valence-corrected chi connectivity index (χ2v) is 9.65. The Bertz CT molecular complexity index is 749. The first-order valence-electron chi connectivity index (χ1n) is 9.90. The number of Topliss-reactive ketones (excluding diaryl/α,β-unsaturated/α-hetero) is 1. The number of carbonyl (C=O) groups is 2. The van der Waals surface area contributed by atoms with E-state index in [0.717, 1.165) is 24.0 Å². The molecule has 2 N–H and O–H groups in total. The highest BCUT2D eigenvalue weighted by Crippen LogP contribution is 2.67. The summed E-state index contributed by atoms with van der Waals surface area (Å²) in [7, 11) is 0. The molecule has 4 aliphatic carbocycles. The van der Waals surface area contributed by atoms with Gasteiger partial charge in [-0.15, -0.1) is 0 Å². The topological polar surface area (TPSA) is 74.6 Å². The van der Waals surface area contributed by atoms with Gasteiger partial charge in [0.25, 0.3) is 0 Å². The molecule has 0 heterocycles. The number of ketones is 2. The fourth-order valence-electron chi connectivity index (χ4n) is 7.13. The summed E-state index contributed by atoms with van der Waals surface area (Å²) in [4.78, 5) is 24.3. The number of allylic oxidation sites excluding steroid dienone is 4. The molecule has 2 fully saturated rings. The van der Waals surface area contributed by atoms with E-state index in [4.69, 9.17) is 0 Å². The summed E-state index contributed by atoms with van der Waals surface area (Å²) in [5.74, 6) is 0.339. The summed E-state index contributed by atoms with van der Waals surface area (Å²) < 4.78 is 0. The fourth-order valence-corrected chi connectivity index (χ4v) is 7.13. The number of hydrogen-bond acceptors (Lipinski definition) is 4. The molecule has 142 valence electrons. The highest BCUT2D eigenvalue weighted by molar-refractivity contribution is 5.92. The molecular formula is C22H30O4. The number of aliphatic hydroxyl groups excluding tert-OH is 1. The number of aliphatic hydroxyl groups is 2. The minimum atomic E-state index is -1.34. The van der Waals surface area contributed by atoms with Crippen LogP contribution in [0, 0.1) is 28.6 Å². The van der Waals surface area contributed by atoms with E-state index in [1.807, 2.05) is 6.92 Å². The summed E-state index contributed by atoms with van der Waals surface area (Å²) in [6.07, 6.45) is 6.43. The van der Waals surface area contributed by atoms with Crippen LogP contribution in [-0.2, 0) is 9.59 Å². The molecule has 7 atom stereocenters. The predicted molar refractivity (Wildman–Crippen MR) is 98.3 cm³/mol. The molecule has 0 aromatic rings. The zero-order chi connectivity index (χ0) is 19.1. The van der Waals surface area contributed by atoms with Gasteiger partial charge in [-0.2, -0.15) is 0 Å². The third-order valence-corrected chi connectivity index (χ3v) is 8.50. The lowest BCUT2D eigenvalue weighted by Crippen LogP contribution is -2.60. The minimum Gasteiger partial charge on any atom is -0.393 e. The van der Waals surface area contributed by atoms with Gasteiger partial charge in [0.1, 0.15) is 5.60 Å². The minimum absolute atomic E-state index is 0.0398. The van der Waals surface area contributed by atoms with Crippen LogP contribution < -0.4 is 0 Å². The zero-order valence-corrected chi connectivity index (χ0v) is 16.2. The average Bonchev–Trinajstić information content (AvgIpc) is 2.81. The van der Waals surface area contributed by atoms with Gasteiger partial charge in [0.05, 0.1) is 6.10 Å². The Kier molecular flexibility index (Phi) is 3.75. The van der Waals surface area contributed by atoms with E-state index < -0.39 is 17.1 Å². The largest absolute Gasteiger partial charge is 0.393 e. The maximum absolute atomic E-state index is 12.3. The van der Waals surface area contributed by atoms with Gasteiger partial charge < -0.3 is 10.2 Å². The van der Waals surface area contributed by atoms with Crippen LogP contribution in [0.25, 0.3) is 0 Å². The molecular weight excluding hydrogens is 328 g/mol. The van der Waals surface area contributed by atoms with Crippen LogP contribution in [0.15, 0.2) is 23.3 Å². The van der Waals surface area contributed by atoms with E-state index >= 15 is 0 Å². The van der Waals surface area contributed by atoms with E-state index in [-0.39, 0.29) is 34.7 Å². The van der Waals surface area contributed by atoms with Gasteiger partial charge in [0.15, 0.2) is 11.6 Å². The van der Waals surface area contributed by atoms with Crippen LogP contribution in [0.1, 0.15) is 59.8 Å². The lowest BCUT2D eigenvalue weighted by molar-refractivity contribution is -0.171. The summed E-state index contributed by atoms with van der Waals surface area (Å²) in [5, 5.41) is 22.4. The average molecular weight is 358 g/mol. The molecule has 0 aromatic heterocycles. The Balaban J connectivity index is 1.85. The number of hydrogen-bond donors (Lipinski definition) is 2. The van der Waals surface area contributed by atoms with Gasteiger partial charge in [0, 0.05) is 17.8 Å². The molecule has 0 bridgehead atoms. The Morgan fingerprint density at radius 2 is 1.96 bits per heavy atom. The third kappa shape index (κ3) is 2.03. The van der Waals surface area contributed by atoms with Crippen molar-refractivity contribution < 1.29 is 19.8 Å². The Morgan fingerprint density at radius 3 is 2.62 bits per heavy atom. The van der Waals surface area contributed by atoms with Crippen LogP contribution >= 0.6 is 0 Å². The molecule has 0 saturated heterocycles. The SMILES string of the molecule is CC(=O)[C@@]1(O)CC[C@H]2[C@@H]3C=C(C)C4=CC(=O)CC[C@]4(C)[C@H]3[C@H](O)C[C@@]21C. The molecule has 2 saturated carbocycles. The van der Waals surface area contributed by atoms with E-state index in [1.54, 1.807) is 6.08 Å². The van der Waals surface area contributed by atoms with E-state index in [1.165, 1.54) is 6.92 Å². The van der Waals surface area contributed by atoms with Crippen molar-refractivity contribution in [2.75, 3.05) is 0 Å². The first-order chi connectivity index (χ1) is 12.0. The molecule has 4 nitrogen and oxygen atoms in total. The molecule has 0 aromatic carbocycles. The standard InChI is InChI=1S/C22H30O4/c1-12-9-15-16-6-8-22(26,13(2)23)21(16,4)11-18(25)19(15)20(3)7-5-14(24)10-17(12)20/h9-10,15-16,18-19,25-26H,5-8,11H2,1-4H3/t15-,16-,18+,19+,20-,21-,22-/m0/s1. The Morgan fingerprint density at radius 1 is 1.27 bits per heavy atom. The molecule has 26 heavy (non-hydrogen) atoms. The maximum atomic E-state index is 12.3. The van der Waals surface area contributed by atoms with Crippen molar-refractivity contribution in [3.05, 3.63) is 23.3 Å². The molecule has 0 unspecified atom stereocenters. The van der Waals surface area contributed by atoms with Crippen molar-refractivity contribution >= 4 is 11.6 Å². The lowest BCUT2D eigenvalue weighted by Gasteiger charge is -2.59. The van der Waals surface area contributed by atoms with E-state index in [2.05, 4.69) is 19.9 Å². The van der Waals surface area contributed by atoms with Crippen molar-refractivity contribution in [2.24, 2.45) is 28.6 Å². The van der Waals surface area contributed by atoms with E-state index in [0.29, 0.717) is 19.3 Å². The first-order valence-corrected chi connectivity index (χ1v) is 9.90. The highest BCUT2D eigenvalue weighted by atomic mass is 16.3. The van der Waals surface area contributed by atoms with Gasteiger partial charge in [0.2, 0.25) is 0 Å². The lowest BCUT2D eigenvalue weighted by atomic mass is 9.46. The third-order valence-electron chi connectivity index (χ3n) is 8.50. The van der Waals surface area contributed by atoms with Gasteiger partial charge in [-0.1, -0.05) is 25.5 Å². The van der Waals surface area contributed by atoms with Crippen molar-refractivity contribution in [1.29, 1.82) is 0 Å². The Hall–Kier alpha value is -1.26. The van der Waals surface area contributed by atoms with Crippen LogP contribution in [0.2, 0.25) is 0 Å². The molecule has 4 aliphatic rings. The predicted octanol–water partition coefficient (Wildman–Crippen LogP) is 2.98. The molecule has 0 amide bonds. The zero-order valence-electron chi connectivity index (χ0n) is 16.2. The maximum Gasteiger partial charge on any atom is 0.161 e. The van der Waals surface area contributed by atoms with Gasteiger partial charge in [-0.3, -0.25) is 9.59 Å². The second kappa shape index (κ2) is 5.39. The fraction of sp³-hybridized carbons (Fsp3) is 0.727. The molecule has 0 spiro atoms. The normalized spacial score (nSPS) is 50.3. The van der Waals surface area contributed by atoms with Crippen molar-refractivity contribution in [3.63, 3.8) is 0 Å². The number of carbonyl (C=O) groups excluding carboxylic acids is 2. The van der Waals surface area contributed by atoms with Crippen LogP contribution in [0.5, 0.6) is 0 Å². The monoisotopic (exact) mass is 358 g/mol. The highest BCUT2D eigenvalue weighted by Gasteiger charge is 2.67. The molecule has 4 heteroatoms. The van der Waals surface area contributed by atoms with Crippen LogP contribution in [-0.4, -0.2) is 33.5 Å². The summed E-state index contributed by atoms with van der Waals surface area (Å²) in [6.45, 7) is 7.72. The number of fused-ring (bicyclic) bond motifs is 5. The molecule has 0 aliphatic heterocycles. The second-order valence-electron chi connectivity index (χ2n) is 9.65. The van der Waals surface area contributed by atoms with Crippen molar-refractivity contribution in [1.82, 2.24) is 0 Å².